The van der Waals surface area contributed by atoms with E-state index in [2.05, 4.69) is 0 Å². The number of para-hydroxylation sites is 2. The molecule has 0 unspecified atom stereocenters. The molecule has 19 heavy (non-hydrogen) atoms. The van der Waals surface area contributed by atoms with E-state index in [0.29, 0.717) is 0 Å². The molecule has 0 aliphatic carbocycles. The standard InChI is InChI=1S/C14H12N2O3/c15-13(17)9-5-1-3-7-11(9)19-12-8-4-2-6-10(12)14(16)18/h1-8H,(H2,15,17)(H2,16,18). The van der Waals surface area contributed by atoms with Crippen LogP contribution in [0.4, 0.5) is 0 Å². The molecule has 0 spiro atoms. The number of hydrogen-bond acceptors (Lipinski definition) is 3. The van der Waals surface area contributed by atoms with E-state index >= 15 is 0 Å². The molecule has 5 nitrogen and oxygen atoms in total. The second-order valence-electron chi connectivity index (χ2n) is 3.82. The first-order chi connectivity index (χ1) is 9.09. The van der Waals surface area contributed by atoms with Crippen molar-refractivity contribution in [2.45, 2.75) is 0 Å². The van der Waals surface area contributed by atoms with E-state index in [0.717, 1.165) is 0 Å². The minimum Gasteiger partial charge on any atom is -0.456 e. The Morgan fingerprint density at radius 3 is 1.47 bits per heavy atom. The minimum absolute atomic E-state index is 0.238. The molecular formula is C14H12N2O3. The van der Waals surface area contributed by atoms with Crippen LogP contribution in [0.15, 0.2) is 48.5 Å². The van der Waals surface area contributed by atoms with Gasteiger partial charge in [0.15, 0.2) is 0 Å². The Kier molecular flexibility index (Phi) is 3.47. The van der Waals surface area contributed by atoms with Gasteiger partial charge in [0, 0.05) is 0 Å². The van der Waals surface area contributed by atoms with Crippen LogP contribution in [0, 0.1) is 0 Å². The molecule has 0 fully saturated rings. The molecule has 2 amide bonds. The number of carbonyl (C=O) groups excluding carboxylic acids is 2. The van der Waals surface area contributed by atoms with Gasteiger partial charge in [0.25, 0.3) is 11.8 Å². The van der Waals surface area contributed by atoms with Crippen LogP contribution in [0.3, 0.4) is 0 Å². The predicted molar refractivity (Wildman–Crippen MR) is 70.0 cm³/mol. The molecule has 0 bridgehead atoms. The molecule has 2 aromatic rings. The minimum atomic E-state index is -0.604. The molecule has 0 aliphatic rings. The van der Waals surface area contributed by atoms with Gasteiger partial charge in [-0.15, -0.1) is 0 Å². The van der Waals surface area contributed by atoms with Gasteiger partial charge in [-0.25, -0.2) is 0 Å². The molecule has 0 radical (unpaired) electrons. The molecule has 2 rings (SSSR count). The van der Waals surface area contributed by atoms with Crippen molar-refractivity contribution in [3.8, 4) is 11.5 Å². The second kappa shape index (κ2) is 5.22. The van der Waals surface area contributed by atoms with E-state index < -0.39 is 11.8 Å². The third kappa shape index (κ3) is 2.71. The van der Waals surface area contributed by atoms with Gasteiger partial charge >= 0.3 is 0 Å². The van der Waals surface area contributed by atoms with Gasteiger partial charge in [-0.3, -0.25) is 9.59 Å². The Bertz CT molecular complexity index is 583. The van der Waals surface area contributed by atoms with Crippen LogP contribution in [-0.4, -0.2) is 11.8 Å². The monoisotopic (exact) mass is 256 g/mol. The van der Waals surface area contributed by atoms with E-state index in [1.54, 1.807) is 48.5 Å². The molecule has 0 saturated carbocycles. The van der Waals surface area contributed by atoms with Gasteiger partial charge in [0.05, 0.1) is 11.1 Å². The SMILES string of the molecule is NC(=O)c1ccccc1Oc1ccccc1C(N)=O. The molecule has 4 N–H and O–H groups in total. The average Bonchev–Trinajstić information content (AvgIpc) is 2.39. The van der Waals surface area contributed by atoms with Crippen molar-refractivity contribution in [2.24, 2.45) is 11.5 Å². The van der Waals surface area contributed by atoms with Crippen molar-refractivity contribution in [1.82, 2.24) is 0 Å². The summed E-state index contributed by atoms with van der Waals surface area (Å²) < 4.78 is 5.56. The van der Waals surface area contributed by atoms with Crippen molar-refractivity contribution in [2.75, 3.05) is 0 Å². The fraction of sp³-hybridized carbons (Fsp3) is 0. The summed E-state index contributed by atoms with van der Waals surface area (Å²) in [5.74, 6) is -0.647. The number of carbonyl (C=O) groups is 2. The summed E-state index contributed by atoms with van der Waals surface area (Å²) in [6.45, 7) is 0. The zero-order valence-electron chi connectivity index (χ0n) is 10.00. The normalized spacial score (nSPS) is 9.89. The van der Waals surface area contributed by atoms with Crippen LogP contribution in [0.2, 0.25) is 0 Å². The maximum atomic E-state index is 11.3. The van der Waals surface area contributed by atoms with Crippen LogP contribution in [0.25, 0.3) is 0 Å². The smallest absolute Gasteiger partial charge is 0.252 e. The third-order valence-corrected chi connectivity index (χ3v) is 2.52. The number of ether oxygens (including phenoxy) is 1. The van der Waals surface area contributed by atoms with E-state index in [9.17, 15) is 9.59 Å². The first-order valence-electron chi connectivity index (χ1n) is 5.55. The molecule has 0 aliphatic heterocycles. The maximum Gasteiger partial charge on any atom is 0.252 e. The molecule has 96 valence electrons. The van der Waals surface area contributed by atoms with E-state index in [1.807, 2.05) is 0 Å². The molecule has 2 aromatic carbocycles. The van der Waals surface area contributed by atoms with Crippen LogP contribution in [0.5, 0.6) is 11.5 Å². The summed E-state index contributed by atoms with van der Waals surface area (Å²) in [6, 6.07) is 13.0. The Balaban J connectivity index is 2.42. The molecule has 0 aromatic heterocycles. The van der Waals surface area contributed by atoms with E-state index in [4.69, 9.17) is 16.2 Å². The fourth-order valence-electron chi connectivity index (χ4n) is 1.64. The topological polar surface area (TPSA) is 95.4 Å². The highest BCUT2D eigenvalue weighted by Gasteiger charge is 2.13. The van der Waals surface area contributed by atoms with Crippen molar-refractivity contribution >= 4 is 11.8 Å². The van der Waals surface area contributed by atoms with Crippen LogP contribution >= 0.6 is 0 Å². The van der Waals surface area contributed by atoms with Crippen molar-refractivity contribution in [1.29, 1.82) is 0 Å². The lowest BCUT2D eigenvalue weighted by atomic mass is 10.1. The van der Waals surface area contributed by atoms with Crippen LogP contribution in [-0.2, 0) is 0 Å². The van der Waals surface area contributed by atoms with Crippen LogP contribution < -0.4 is 16.2 Å². The Labute approximate surface area is 109 Å². The number of benzene rings is 2. The zero-order chi connectivity index (χ0) is 13.8. The third-order valence-electron chi connectivity index (χ3n) is 2.52. The number of primary amides is 2. The summed E-state index contributed by atoms with van der Waals surface area (Å²) in [4.78, 5) is 22.6. The van der Waals surface area contributed by atoms with E-state index in [-0.39, 0.29) is 22.6 Å². The molecule has 0 saturated heterocycles. The highest BCUT2D eigenvalue weighted by molar-refractivity contribution is 5.97. The lowest BCUT2D eigenvalue weighted by Crippen LogP contribution is -2.14. The number of rotatable bonds is 4. The zero-order valence-corrected chi connectivity index (χ0v) is 10.00. The summed E-state index contributed by atoms with van der Waals surface area (Å²) in [7, 11) is 0. The van der Waals surface area contributed by atoms with Crippen LogP contribution in [0.1, 0.15) is 20.7 Å². The first-order valence-corrected chi connectivity index (χ1v) is 5.55. The average molecular weight is 256 g/mol. The molecule has 5 heteroatoms. The van der Waals surface area contributed by atoms with Gasteiger partial charge in [-0.1, -0.05) is 24.3 Å². The quantitative estimate of drug-likeness (QED) is 0.871. The number of amides is 2. The van der Waals surface area contributed by atoms with Crippen molar-refractivity contribution in [3.05, 3.63) is 59.7 Å². The van der Waals surface area contributed by atoms with Crippen molar-refractivity contribution < 1.29 is 14.3 Å². The van der Waals surface area contributed by atoms with Crippen molar-refractivity contribution in [3.63, 3.8) is 0 Å². The van der Waals surface area contributed by atoms with Gasteiger partial charge in [-0.2, -0.15) is 0 Å². The molecule has 0 heterocycles. The highest BCUT2D eigenvalue weighted by atomic mass is 16.5. The molecule has 0 atom stereocenters. The Morgan fingerprint density at radius 1 is 0.737 bits per heavy atom. The largest absolute Gasteiger partial charge is 0.456 e. The van der Waals surface area contributed by atoms with Gasteiger partial charge < -0.3 is 16.2 Å². The summed E-state index contributed by atoms with van der Waals surface area (Å²) in [5.41, 5.74) is 11.0. The second-order valence-corrected chi connectivity index (χ2v) is 3.82. The lowest BCUT2D eigenvalue weighted by Gasteiger charge is -2.11. The summed E-state index contributed by atoms with van der Waals surface area (Å²) in [6.07, 6.45) is 0. The fourth-order valence-corrected chi connectivity index (χ4v) is 1.64. The number of nitrogens with two attached hydrogens (primary N) is 2. The van der Waals surface area contributed by atoms with Gasteiger partial charge in [0.1, 0.15) is 11.5 Å². The Hall–Kier alpha value is -2.82. The first kappa shape index (κ1) is 12.6. The van der Waals surface area contributed by atoms with Gasteiger partial charge in [0.2, 0.25) is 0 Å². The molecular weight excluding hydrogens is 244 g/mol. The maximum absolute atomic E-state index is 11.3. The predicted octanol–water partition coefficient (Wildman–Crippen LogP) is 1.68. The Morgan fingerprint density at radius 2 is 1.11 bits per heavy atom. The lowest BCUT2D eigenvalue weighted by molar-refractivity contribution is 0.0993. The van der Waals surface area contributed by atoms with Gasteiger partial charge in [-0.05, 0) is 24.3 Å². The highest BCUT2D eigenvalue weighted by Crippen LogP contribution is 2.27. The van der Waals surface area contributed by atoms with E-state index in [1.165, 1.54) is 0 Å². The summed E-state index contributed by atoms with van der Waals surface area (Å²) >= 11 is 0. The number of hydrogen-bond donors (Lipinski definition) is 2. The summed E-state index contributed by atoms with van der Waals surface area (Å²) in [5, 5.41) is 0.